The van der Waals surface area contributed by atoms with Crippen molar-refractivity contribution in [3.8, 4) is 11.5 Å². The van der Waals surface area contributed by atoms with Crippen LogP contribution in [-0.2, 0) is 6.54 Å². The molecule has 1 atom stereocenters. The number of ether oxygens (including phenoxy) is 2. The summed E-state index contributed by atoms with van der Waals surface area (Å²) in [5.74, 6) is 1.64. The van der Waals surface area contributed by atoms with E-state index in [1.165, 1.54) is 0 Å². The Balaban J connectivity index is 1.62. The van der Waals surface area contributed by atoms with Crippen LogP contribution in [0.25, 0.3) is 0 Å². The Hall–Kier alpha value is -2.21. The zero-order valence-electron chi connectivity index (χ0n) is 13.0. The molecule has 0 spiro atoms. The van der Waals surface area contributed by atoms with Crippen LogP contribution < -0.4 is 19.7 Å². The number of anilines is 1. The van der Waals surface area contributed by atoms with Crippen LogP contribution in [0.2, 0.25) is 0 Å². The summed E-state index contributed by atoms with van der Waals surface area (Å²) in [5.41, 5.74) is 2.25. The first-order chi connectivity index (χ1) is 10.8. The van der Waals surface area contributed by atoms with Crippen molar-refractivity contribution in [3.05, 3.63) is 36.2 Å². The summed E-state index contributed by atoms with van der Waals surface area (Å²) < 4.78 is 10.7. The first-order valence-electron chi connectivity index (χ1n) is 7.48. The quantitative estimate of drug-likeness (QED) is 0.852. The van der Waals surface area contributed by atoms with Gasteiger partial charge in [-0.25, -0.2) is 0 Å². The number of rotatable bonds is 6. The van der Waals surface area contributed by atoms with E-state index in [0.717, 1.165) is 48.9 Å². The summed E-state index contributed by atoms with van der Waals surface area (Å²) in [4.78, 5) is 2.36. The lowest BCUT2D eigenvalue weighted by atomic mass is 10.2. The van der Waals surface area contributed by atoms with Gasteiger partial charge in [0, 0.05) is 61.5 Å². The van der Waals surface area contributed by atoms with Gasteiger partial charge in [-0.3, -0.25) is 5.10 Å². The molecule has 0 unspecified atom stereocenters. The highest BCUT2D eigenvalue weighted by Crippen LogP contribution is 2.30. The molecule has 22 heavy (non-hydrogen) atoms. The van der Waals surface area contributed by atoms with Crippen molar-refractivity contribution in [3.63, 3.8) is 0 Å². The minimum absolute atomic E-state index is 0.473. The van der Waals surface area contributed by atoms with Gasteiger partial charge in [0.05, 0.1) is 14.2 Å². The normalized spacial score (nSPS) is 17.7. The summed E-state index contributed by atoms with van der Waals surface area (Å²) in [5, 5.41) is 10.5. The van der Waals surface area contributed by atoms with E-state index in [4.69, 9.17) is 9.47 Å². The van der Waals surface area contributed by atoms with Crippen molar-refractivity contribution in [2.24, 2.45) is 0 Å². The van der Waals surface area contributed by atoms with Gasteiger partial charge in [-0.15, -0.1) is 0 Å². The molecule has 0 bridgehead atoms. The molecule has 2 N–H and O–H groups in total. The molecule has 2 aromatic rings. The molecule has 1 saturated heterocycles. The third-order valence-corrected chi connectivity index (χ3v) is 4.03. The van der Waals surface area contributed by atoms with Gasteiger partial charge < -0.3 is 19.7 Å². The molecule has 0 radical (unpaired) electrons. The summed E-state index contributed by atoms with van der Waals surface area (Å²) >= 11 is 0. The second kappa shape index (κ2) is 6.70. The van der Waals surface area contributed by atoms with Crippen molar-refractivity contribution < 1.29 is 9.47 Å². The Morgan fingerprint density at radius 2 is 2.05 bits per heavy atom. The van der Waals surface area contributed by atoms with Gasteiger partial charge in [0.25, 0.3) is 0 Å². The average molecular weight is 302 g/mol. The number of aromatic nitrogens is 2. The Kier molecular flexibility index (Phi) is 4.48. The van der Waals surface area contributed by atoms with Gasteiger partial charge in [0.15, 0.2) is 0 Å². The van der Waals surface area contributed by atoms with Crippen LogP contribution in [0.15, 0.2) is 30.5 Å². The molecule has 0 saturated carbocycles. The van der Waals surface area contributed by atoms with Gasteiger partial charge >= 0.3 is 0 Å². The summed E-state index contributed by atoms with van der Waals surface area (Å²) in [6.45, 7) is 2.82. The maximum absolute atomic E-state index is 5.35. The third-order valence-electron chi connectivity index (χ3n) is 4.03. The molecule has 1 fully saturated rings. The highest BCUT2D eigenvalue weighted by molar-refractivity contribution is 5.56. The van der Waals surface area contributed by atoms with Crippen LogP contribution in [0, 0.1) is 0 Å². The van der Waals surface area contributed by atoms with E-state index in [-0.39, 0.29) is 0 Å². The zero-order chi connectivity index (χ0) is 15.4. The zero-order valence-corrected chi connectivity index (χ0v) is 13.0. The highest BCUT2D eigenvalue weighted by Gasteiger charge is 2.23. The minimum atomic E-state index is 0.473. The second-order valence-corrected chi connectivity index (χ2v) is 5.47. The molecule has 6 nitrogen and oxygen atoms in total. The fourth-order valence-electron chi connectivity index (χ4n) is 2.77. The number of hydrogen-bond acceptors (Lipinski definition) is 5. The van der Waals surface area contributed by atoms with Crippen molar-refractivity contribution in [1.29, 1.82) is 0 Å². The van der Waals surface area contributed by atoms with Crippen molar-refractivity contribution in [2.45, 2.75) is 19.0 Å². The maximum Gasteiger partial charge on any atom is 0.124 e. The Morgan fingerprint density at radius 1 is 1.27 bits per heavy atom. The Bertz CT molecular complexity index is 578. The Morgan fingerprint density at radius 3 is 2.68 bits per heavy atom. The molecule has 6 heteroatoms. The minimum Gasteiger partial charge on any atom is -0.497 e. The predicted molar refractivity (Wildman–Crippen MR) is 85.6 cm³/mol. The highest BCUT2D eigenvalue weighted by atomic mass is 16.5. The first-order valence-corrected chi connectivity index (χ1v) is 7.48. The number of nitrogens with one attached hydrogen (secondary N) is 2. The molecule has 1 aromatic carbocycles. The molecule has 1 aliphatic rings. The van der Waals surface area contributed by atoms with Crippen molar-refractivity contribution >= 4 is 5.69 Å². The SMILES string of the molecule is COc1cc(OC)cc(N2CC[C@H](NCc3ccn[nH]3)C2)c1. The Labute approximate surface area is 130 Å². The van der Waals surface area contributed by atoms with Gasteiger partial charge in [-0.2, -0.15) is 5.10 Å². The van der Waals surface area contributed by atoms with Crippen LogP contribution in [0.4, 0.5) is 5.69 Å². The predicted octanol–water partition coefficient (Wildman–Crippen LogP) is 1.80. The van der Waals surface area contributed by atoms with Crippen LogP contribution in [-0.4, -0.2) is 43.5 Å². The van der Waals surface area contributed by atoms with E-state index in [0.29, 0.717) is 6.04 Å². The monoisotopic (exact) mass is 302 g/mol. The van der Waals surface area contributed by atoms with Gasteiger partial charge in [0.2, 0.25) is 0 Å². The molecule has 0 aliphatic carbocycles. The topological polar surface area (TPSA) is 62.4 Å². The molecule has 118 valence electrons. The van der Waals surface area contributed by atoms with Crippen LogP contribution in [0.3, 0.4) is 0 Å². The molecular formula is C16H22N4O2. The summed E-state index contributed by atoms with van der Waals surface area (Å²) in [7, 11) is 3.36. The second-order valence-electron chi connectivity index (χ2n) is 5.47. The van der Waals surface area contributed by atoms with E-state index < -0.39 is 0 Å². The number of methoxy groups -OCH3 is 2. The van der Waals surface area contributed by atoms with Crippen LogP contribution in [0.1, 0.15) is 12.1 Å². The van der Waals surface area contributed by atoms with E-state index >= 15 is 0 Å². The van der Waals surface area contributed by atoms with Gasteiger partial charge in [-0.1, -0.05) is 0 Å². The summed E-state index contributed by atoms with van der Waals surface area (Å²) in [6, 6.07) is 8.47. The van der Waals surface area contributed by atoms with Crippen molar-refractivity contribution in [2.75, 3.05) is 32.2 Å². The van der Waals surface area contributed by atoms with E-state index in [2.05, 4.69) is 32.5 Å². The van der Waals surface area contributed by atoms with E-state index in [1.807, 2.05) is 12.1 Å². The number of nitrogens with zero attached hydrogens (tertiary/aromatic N) is 2. The lowest BCUT2D eigenvalue weighted by molar-refractivity contribution is 0.394. The van der Waals surface area contributed by atoms with Crippen molar-refractivity contribution in [1.82, 2.24) is 15.5 Å². The first kappa shape index (κ1) is 14.7. The largest absolute Gasteiger partial charge is 0.497 e. The fourth-order valence-corrected chi connectivity index (χ4v) is 2.77. The lowest BCUT2D eigenvalue weighted by Gasteiger charge is -2.20. The molecule has 2 heterocycles. The smallest absolute Gasteiger partial charge is 0.124 e. The number of aromatic amines is 1. The molecule has 1 aliphatic heterocycles. The molecule has 3 rings (SSSR count). The fraction of sp³-hybridized carbons (Fsp3) is 0.438. The number of hydrogen-bond donors (Lipinski definition) is 2. The lowest BCUT2D eigenvalue weighted by Crippen LogP contribution is -2.32. The third kappa shape index (κ3) is 3.33. The molecule has 0 amide bonds. The van der Waals surface area contributed by atoms with Gasteiger partial charge in [0.1, 0.15) is 11.5 Å². The van der Waals surface area contributed by atoms with Gasteiger partial charge in [-0.05, 0) is 12.5 Å². The number of benzene rings is 1. The maximum atomic E-state index is 5.35. The molecule has 1 aromatic heterocycles. The molecular weight excluding hydrogens is 280 g/mol. The van der Waals surface area contributed by atoms with E-state index in [1.54, 1.807) is 20.4 Å². The average Bonchev–Trinajstić information content (AvgIpc) is 3.23. The summed E-state index contributed by atoms with van der Waals surface area (Å²) in [6.07, 6.45) is 2.90. The van der Waals surface area contributed by atoms with Crippen LogP contribution >= 0.6 is 0 Å². The number of H-pyrrole nitrogens is 1. The standard InChI is InChI=1S/C16H22N4O2/c1-21-15-7-14(8-16(9-15)22-2)20-6-4-13(11-20)17-10-12-3-5-18-19-12/h3,5,7-9,13,17H,4,6,10-11H2,1-2H3,(H,18,19)/t13-/m0/s1. The van der Waals surface area contributed by atoms with Crippen LogP contribution in [0.5, 0.6) is 11.5 Å². The van der Waals surface area contributed by atoms with E-state index in [9.17, 15) is 0 Å².